The predicted molar refractivity (Wildman–Crippen MR) is 70.4 cm³/mol. The minimum atomic E-state index is -0.117. The molecule has 3 nitrogen and oxygen atoms in total. The van der Waals surface area contributed by atoms with Gasteiger partial charge in [0.1, 0.15) is 5.75 Å². The van der Waals surface area contributed by atoms with E-state index in [0.717, 1.165) is 17.0 Å². The number of hydrogen-bond donors (Lipinski definition) is 1. The molecule has 0 spiro atoms. The highest BCUT2D eigenvalue weighted by Crippen LogP contribution is 2.22. The Morgan fingerprint density at radius 2 is 2.12 bits per heavy atom. The lowest BCUT2D eigenvalue weighted by molar-refractivity contribution is -0.111. The van der Waals surface area contributed by atoms with Crippen molar-refractivity contribution in [2.24, 2.45) is 0 Å². The number of aryl methyl sites for hydroxylation is 1. The van der Waals surface area contributed by atoms with Gasteiger partial charge in [-0.3, -0.25) is 4.79 Å². The summed E-state index contributed by atoms with van der Waals surface area (Å²) in [5.41, 5.74) is 1.80. The van der Waals surface area contributed by atoms with Crippen LogP contribution in [0, 0.1) is 6.92 Å². The van der Waals surface area contributed by atoms with E-state index < -0.39 is 0 Å². The molecular formula is C14H19NO2. The lowest BCUT2D eigenvalue weighted by Crippen LogP contribution is -2.10. The van der Waals surface area contributed by atoms with Crippen molar-refractivity contribution in [2.45, 2.75) is 33.8 Å². The number of ether oxygens (including phenoxy) is 1. The summed E-state index contributed by atoms with van der Waals surface area (Å²) in [6, 6.07) is 5.64. The maximum Gasteiger partial charge on any atom is 0.248 e. The minimum Gasteiger partial charge on any atom is -0.491 e. The first-order valence-corrected chi connectivity index (χ1v) is 5.74. The van der Waals surface area contributed by atoms with Crippen molar-refractivity contribution in [1.82, 2.24) is 0 Å². The number of anilines is 1. The number of rotatable bonds is 4. The molecule has 0 heterocycles. The highest BCUT2D eigenvalue weighted by molar-refractivity contribution is 5.99. The fraction of sp³-hybridized carbons (Fsp3) is 0.357. The summed E-state index contributed by atoms with van der Waals surface area (Å²) in [6.07, 6.45) is 3.36. The molecule has 17 heavy (non-hydrogen) atoms. The van der Waals surface area contributed by atoms with Crippen LogP contribution in [0.5, 0.6) is 5.75 Å². The number of carbonyl (C=O) groups excluding carboxylic acids is 1. The number of carbonyl (C=O) groups is 1. The number of benzene rings is 1. The molecule has 1 amide bonds. The van der Waals surface area contributed by atoms with Crippen LogP contribution in [-0.4, -0.2) is 12.0 Å². The van der Waals surface area contributed by atoms with Crippen molar-refractivity contribution in [2.75, 3.05) is 5.32 Å². The standard InChI is InChI=1S/C14H19NO2/c1-5-6-14(16)15-13-8-7-12(9-11(13)4)17-10(2)3/h5-10H,1-4H3,(H,15,16). The highest BCUT2D eigenvalue weighted by atomic mass is 16.5. The summed E-state index contributed by atoms with van der Waals surface area (Å²) in [5, 5.41) is 2.81. The van der Waals surface area contributed by atoms with E-state index in [0.29, 0.717) is 0 Å². The van der Waals surface area contributed by atoms with Gasteiger partial charge in [-0.05, 0) is 57.5 Å². The van der Waals surface area contributed by atoms with E-state index in [9.17, 15) is 4.79 Å². The molecule has 0 fully saturated rings. The van der Waals surface area contributed by atoms with Crippen LogP contribution in [0.4, 0.5) is 5.69 Å². The Hall–Kier alpha value is -1.77. The van der Waals surface area contributed by atoms with Crippen molar-refractivity contribution in [3.8, 4) is 5.75 Å². The Bertz CT molecular complexity index is 422. The smallest absolute Gasteiger partial charge is 0.248 e. The van der Waals surface area contributed by atoms with E-state index in [1.54, 1.807) is 6.08 Å². The second kappa shape index (κ2) is 6.09. The average molecular weight is 233 g/mol. The molecule has 0 radical (unpaired) electrons. The maximum absolute atomic E-state index is 11.4. The summed E-state index contributed by atoms with van der Waals surface area (Å²) in [5.74, 6) is 0.703. The Labute approximate surface area is 102 Å². The van der Waals surface area contributed by atoms with Crippen molar-refractivity contribution in [3.05, 3.63) is 35.9 Å². The Kier molecular flexibility index (Phi) is 4.76. The molecule has 0 aliphatic carbocycles. The van der Waals surface area contributed by atoms with Crippen LogP contribution in [0.1, 0.15) is 26.3 Å². The number of allylic oxidation sites excluding steroid dienone is 1. The normalized spacial score (nSPS) is 10.9. The first-order chi connectivity index (χ1) is 8.02. The zero-order chi connectivity index (χ0) is 12.8. The SMILES string of the molecule is CC=CC(=O)Nc1ccc(OC(C)C)cc1C. The highest BCUT2D eigenvalue weighted by Gasteiger charge is 2.04. The van der Waals surface area contributed by atoms with Crippen molar-refractivity contribution >= 4 is 11.6 Å². The summed E-state index contributed by atoms with van der Waals surface area (Å²) in [4.78, 5) is 11.4. The number of nitrogens with one attached hydrogen (secondary N) is 1. The molecule has 92 valence electrons. The quantitative estimate of drug-likeness (QED) is 0.810. The third-order valence-electron chi connectivity index (χ3n) is 2.15. The average Bonchev–Trinajstić information content (AvgIpc) is 2.21. The third-order valence-corrected chi connectivity index (χ3v) is 2.15. The molecular weight excluding hydrogens is 214 g/mol. The molecule has 1 rings (SSSR count). The molecule has 1 aromatic carbocycles. The van der Waals surface area contributed by atoms with Gasteiger partial charge in [-0.15, -0.1) is 0 Å². The Morgan fingerprint density at radius 1 is 1.41 bits per heavy atom. The van der Waals surface area contributed by atoms with Crippen LogP contribution in [0.2, 0.25) is 0 Å². The first-order valence-electron chi connectivity index (χ1n) is 5.74. The molecule has 0 aliphatic rings. The molecule has 0 aromatic heterocycles. The van der Waals surface area contributed by atoms with Gasteiger partial charge in [0, 0.05) is 5.69 Å². The van der Waals surface area contributed by atoms with Crippen LogP contribution < -0.4 is 10.1 Å². The lowest BCUT2D eigenvalue weighted by atomic mass is 10.2. The summed E-state index contributed by atoms with van der Waals surface area (Å²) in [6.45, 7) is 7.72. The molecule has 0 unspecified atom stereocenters. The van der Waals surface area contributed by atoms with Gasteiger partial charge in [0.2, 0.25) is 5.91 Å². The lowest BCUT2D eigenvalue weighted by Gasteiger charge is -2.12. The Balaban J connectivity index is 2.79. The summed E-state index contributed by atoms with van der Waals surface area (Å²) >= 11 is 0. The third kappa shape index (κ3) is 4.31. The van der Waals surface area contributed by atoms with Crippen LogP contribution >= 0.6 is 0 Å². The fourth-order valence-corrected chi connectivity index (χ4v) is 1.45. The van der Waals surface area contributed by atoms with E-state index >= 15 is 0 Å². The zero-order valence-corrected chi connectivity index (χ0v) is 10.8. The molecule has 0 saturated heterocycles. The number of hydrogen-bond acceptors (Lipinski definition) is 2. The molecule has 1 aromatic rings. The van der Waals surface area contributed by atoms with E-state index in [-0.39, 0.29) is 12.0 Å². The number of amides is 1. The Morgan fingerprint density at radius 3 is 2.65 bits per heavy atom. The largest absolute Gasteiger partial charge is 0.491 e. The van der Waals surface area contributed by atoms with Crippen LogP contribution in [0.25, 0.3) is 0 Å². The van der Waals surface area contributed by atoms with Gasteiger partial charge in [0.25, 0.3) is 0 Å². The molecule has 0 atom stereocenters. The molecule has 3 heteroatoms. The molecule has 0 bridgehead atoms. The minimum absolute atomic E-state index is 0.117. The topological polar surface area (TPSA) is 38.3 Å². The summed E-state index contributed by atoms with van der Waals surface area (Å²) < 4.78 is 5.58. The van der Waals surface area contributed by atoms with Gasteiger partial charge in [-0.1, -0.05) is 6.08 Å². The van der Waals surface area contributed by atoms with Gasteiger partial charge >= 0.3 is 0 Å². The second-order valence-corrected chi connectivity index (χ2v) is 4.13. The van der Waals surface area contributed by atoms with Gasteiger partial charge < -0.3 is 10.1 Å². The van der Waals surface area contributed by atoms with E-state index in [1.807, 2.05) is 45.9 Å². The van der Waals surface area contributed by atoms with Crippen molar-refractivity contribution in [3.63, 3.8) is 0 Å². The van der Waals surface area contributed by atoms with Gasteiger partial charge in [-0.25, -0.2) is 0 Å². The fourth-order valence-electron chi connectivity index (χ4n) is 1.45. The van der Waals surface area contributed by atoms with Gasteiger partial charge in [-0.2, -0.15) is 0 Å². The van der Waals surface area contributed by atoms with Crippen LogP contribution in [-0.2, 0) is 4.79 Å². The molecule has 0 saturated carbocycles. The van der Waals surface area contributed by atoms with Gasteiger partial charge in [0.05, 0.1) is 6.10 Å². The second-order valence-electron chi connectivity index (χ2n) is 4.13. The molecule has 1 N–H and O–H groups in total. The zero-order valence-electron chi connectivity index (χ0n) is 10.8. The maximum atomic E-state index is 11.4. The van der Waals surface area contributed by atoms with E-state index in [1.165, 1.54) is 6.08 Å². The van der Waals surface area contributed by atoms with Crippen LogP contribution in [0.3, 0.4) is 0 Å². The van der Waals surface area contributed by atoms with E-state index in [2.05, 4.69) is 5.32 Å². The van der Waals surface area contributed by atoms with Gasteiger partial charge in [0.15, 0.2) is 0 Å². The van der Waals surface area contributed by atoms with Crippen LogP contribution in [0.15, 0.2) is 30.4 Å². The van der Waals surface area contributed by atoms with E-state index in [4.69, 9.17) is 4.74 Å². The summed E-state index contributed by atoms with van der Waals surface area (Å²) in [7, 11) is 0. The van der Waals surface area contributed by atoms with Crippen molar-refractivity contribution < 1.29 is 9.53 Å². The monoisotopic (exact) mass is 233 g/mol. The first kappa shape index (κ1) is 13.3. The predicted octanol–water partition coefficient (Wildman–Crippen LogP) is 3.30. The molecule has 0 aliphatic heterocycles. The van der Waals surface area contributed by atoms with Crippen molar-refractivity contribution in [1.29, 1.82) is 0 Å².